The number of nitrogens with two attached hydrogens (primary N) is 1. The van der Waals surface area contributed by atoms with E-state index in [-0.39, 0.29) is 53.0 Å². The Balaban J connectivity index is 1.65. The van der Waals surface area contributed by atoms with Crippen molar-refractivity contribution in [1.82, 2.24) is 0 Å². The Morgan fingerprint density at radius 3 is 2.56 bits per heavy atom. The molecule has 0 aliphatic heterocycles. The fraction of sp³-hybridized carbons (Fsp3) is 0.533. The van der Waals surface area contributed by atoms with Crippen LogP contribution >= 0.6 is 0 Å². The van der Waals surface area contributed by atoms with Crippen LogP contribution in [0.4, 0.5) is 18.9 Å². The summed E-state index contributed by atoms with van der Waals surface area (Å²) in [6.45, 7) is 3.94. The van der Waals surface area contributed by atoms with Crippen LogP contribution in [0.5, 0.6) is 0 Å². The van der Waals surface area contributed by atoms with Crippen molar-refractivity contribution in [3.63, 3.8) is 0 Å². The third-order valence-electron chi connectivity index (χ3n) is 9.34. The molecule has 2 fully saturated rings. The first-order chi connectivity index (χ1) is 17.0. The Hall–Kier alpha value is -2.81. The molecule has 0 heterocycles. The van der Waals surface area contributed by atoms with Crippen molar-refractivity contribution >= 4 is 17.3 Å². The van der Waals surface area contributed by atoms with Crippen molar-refractivity contribution in [3.05, 3.63) is 52.6 Å². The first-order valence-corrected chi connectivity index (χ1v) is 12.9. The van der Waals surface area contributed by atoms with Gasteiger partial charge in [0.15, 0.2) is 5.78 Å². The Morgan fingerprint density at radius 2 is 1.89 bits per heavy atom. The number of rotatable bonds is 3. The van der Waals surface area contributed by atoms with Gasteiger partial charge in [-0.1, -0.05) is 30.6 Å². The molecule has 6 heteroatoms. The fourth-order valence-electron chi connectivity index (χ4n) is 7.96. The molecule has 4 aliphatic rings. The van der Waals surface area contributed by atoms with Gasteiger partial charge in [-0.2, -0.15) is 13.2 Å². The van der Waals surface area contributed by atoms with Gasteiger partial charge in [0.2, 0.25) is 0 Å². The maximum Gasteiger partial charge on any atom is 0.457 e. The van der Waals surface area contributed by atoms with Gasteiger partial charge in [0.05, 0.1) is 0 Å². The van der Waals surface area contributed by atoms with Crippen molar-refractivity contribution < 1.29 is 22.8 Å². The number of ketones is 2. The molecule has 0 aromatic heterocycles. The van der Waals surface area contributed by atoms with Crippen LogP contribution in [-0.4, -0.2) is 17.7 Å². The third-order valence-corrected chi connectivity index (χ3v) is 9.34. The molecule has 0 radical (unpaired) electrons. The van der Waals surface area contributed by atoms with Crippen LogP contribution in [0.25, 0.3) is 0 Å². The molecule has 4 aliphatic carbocycles. The highest BCUT2D eigenvalue weighted by Gasteiger charge is 2.58. The van der Waals surface area contributed by atoms with E-state index in [2.05, 4.69) is 25.0 Å². The number of halogens is 3. The molecule has 5 rings (SSSR count). The molecule has 2 N–H and O–H groups in total. The molecule has 1 aromatic rings. The quantitative estimate of drug-likeness (QED) is 0.382. The molecule has 190 valence electrons. The van der Waals surface area contributed by atoms with E-state index in [4.69, 9.17) is 5.73 Å². The maximum atomic E-state index is 12.8. The lowest BCUT2D eigenvalue weighted by Crippen LogP contribution is -2.45. The van der Waals surface area contributed by atoms with E-state index in [0.717, 1.165) is 36.0 Å². The number of hydrogen-bond acceptors (Lipinski definition) is 3. The summed E-state index contributed by atoms with van der Waals surface area (Å²) >= 11 is 0. The molecule has 3 nitrogen and oxygen atoms in total. The van der Waals surface area contributed by atoms with Gasteiger partial charge in [0.25, 0.3) is 0 Å². The summed E-state index contributed by atoms with van der Waals surface area (Å²) in [5.74, 6) is 4.36. The minimum Gasteiger partial charge on any atom is -0.399 e. The van der Waals surface area contributed by atoms with Crippen LogP contribution in [0.1, 0.15) is 70.3 Å². The predicted octanol–water partition coefficient (Wildman–Crippen LogP) is 6.56. The lowest BCUT2D eigenvalue weighted by Gasteiger charge is -2.53. The molecule has 0 spiro atoms. The topological polar surface area (TPSA) is 60.2 Å². The zero-order valence-corrected chi connectivity index (χ0v) is 20.8. The number of carbonyl (C=O) groups excluding carboxylic acids is 2. The minimum atomic E-state index is -4.53. The maximum absolute atomic E-state index is 12.8. The molecule has 0 bridgehead atoms. The largest absolute Gasteiger partial charge is 0.457 e. The standard InChI is InChI=1S/C30H32F3NO2/c1-17(35)26-11-12-27-24-14-19(4-3-13-30(31,32)33)23-15-21(36)9-10-22(23)28(24)25(16-29(26,27)2)18-5-7-20(34)8-6-18/h5-8,15,19,24-27H,4,9-12,14,16,34H2,1-2H3/t19?,24-,25+,26+,27-,29+/m0/s1. The van der Waals surface area contributed by atoms with E-state index in [1.54, 1.807) is 13.0 Å². The highest BCUT2D eigenvalue weighted by atomic mass is 19.4. The first kappa shape index (κ1) is 24.9. The van der Waals surface area contributed by atoms with Crippen LogP contribution in [-0.2, 0) is 9.59 Å². The number of fused-ring (bicyclic) bond motifs is 4. The average molecular weight is 496 g/mol. The highest BCUT2D eigenvalue weighted by molar-refractivity contribution is 5.93. The lowest BCUT2D eigenvalue weighted by molar-refractivity contribution is -0.125. The molecular weight excluding hydrogens is 463 g/mol. The summed E-state index contributed by atoms with van der Waals surface area (Å²) in [5.41, 5.74) is 11.0. The van der Waals surface area contributed by atoms with Gasteiger partial charge in [-0.15, -0.1) is 0 Å². The van der Waals surface area contributed by atoms with E-state index in [1.807, 2.05) is 12.1 Å². The number of carbonyl (C=O) groups is 2. The number of benzene rings is 1. The second-order valence-corrected chi connectivity index (χ2v) is 11.3. The number of alkyl halides is 3. The smallest absolute Gasteiger partial charge is 0.399 e. The van der Waals surface area contributed by atoms with Crippen LogP contribution < -0.4 is 5.73 Å². The Labute approximate surface area is 210 Å². The van der Waals surface area contributed by atoms with Gasteiger partial charge >= 0.3 is 6.18 Å². The summed E-state index contributed by atoms with van der Waals surface area (Å²) in [7, 11) is 0. The number of allylic oxidation sites excluding steroid dienone is 4. The normalized spacial score (nSPS) is 33.6. The first-order valence-electron chi connectivity index (χ1n) is 12.9. The van der Waals surface area contributed by atoms with E-state index >= 15 is 0 Å². The summed E-state index contributed by atoms with van der Waals surface area (Å²) < 4.78 is 38.4. The van der Waals surface area contributed by atoms with E-state index in [9.17, 15) is 22.8 Å². The number of anilines is 1. The third kappa shape index (κ3) is 4.31. The van der Waals surface area contributed by atoms with Gasteiger partial charge in [0, 0.05) is 36.3 Å². The SMILES string of the molecule is CC(=O)[C@H]1CC[C@H]2[C@@H]3CC(CC#CC(F)(F)F)C4=CC(=O)CCC4=C3[C@@H](c3ccc(N)cc3)C[C@]12C. The summed E-state index contributed by atoms with van der Waals surface area (Å²) in [6.07, 6.45) is 1.56. The molecule has 36 heavy (non-hydrogen) atoms. The van der Waals surface area contributed by atoms with Crippen LogP contribution in [0.3, 0.4) is 0 Å². The summed E-state index contributed by atoms with van der Waals surface area (Å²) in [6, 6.07) is 7.93. The van der Waals surface area contributed by atoms with Gasteiger partial charge < -0.3 is 5.73 Å². The summed E-state index contributed by atoms with van der Waals surface area (Å²) in [5, 5.41) is 0. The second-order valence-electron chi connectivity index (χ2n) is 11.3. The zero-order valence-electron chi connectivity index (χ0n) is 20.8. The van der Waals surface area contributed by atoms with Crippen LogP contribution in [0.15, 0.2) is 47.1 Å². The predicted molar refractivity (Wildman–Crippen MR) is 133 cm³/mol. The van der Waals surface area contributed by atoms with Crippen molar-refractivity contribution in [1.29, 1.82) is 0 Å². The van der Waals surface area contributed by atoms with Crippen molar-refractivity contribution in [2.75, 3.05) is 5.73 Å². The molecule has 0 saturated heterocycles. The Morgan fingerprint density at radius 1 is 1.17 bits per heavy atom. The molecule has 0 amide bonds. The average Bonchev–Trinajstić information content (AvgIpc) is 3.15. The molecule has 2 saturated carbocycles. The van der Waals surface area contributed by atoms with E-state index < -0.39 is 6.18 Å². The molecular formula is C30H32F3NO2. The van der Waals surface area contributed by atoms with Gasteiger partial charge in [-0.25, -0.2) is 0 Å². The van der Waals surface area contributed by atoms with Gasteiger partial charge in [-0.05, 0) is 97.1 Å². The van der Waals surface area contributed by atoms with Crippen molar-refractivity contribution in [3.8, 4) is 11.8 Å². The monoisotopic (exact) mass is 495 g/mol. The minimum absolute atomic E-state index is 0.0151. The molecule has 1 unspecified atom stereocenters. The van der Waals surface area contributed by atoms with Gasteiger partial charge in [-0.3, -0.25) is 9.59 Å². The number of Topliss-reactive ketones (excluding diaryl/α,β-unsaturated/α-hetero) is 1. The second kappa shape index (κ2) is 8.94. The van der Waals surface area contributed by atoms with E-state index in [1.165, 1.54) is 11.5 Å². The van der Waals surface area contributed by atoms with Crippen LogP contribution in [0, 0.1) is 40.9 Å². The zero-order chi connectivity index (χ0) is 25.8. The lowest BCUT2D eigenvalue weighted by atomic mass is 9.50. The number of nitrogen functional groups attached to an aromatic ring is 1. The highest BCUT2D eigenvalue weighted by Crippen LogP contribution is 2.66. The fourth-order valence-corrected chi connectivity index (χ4v) is 7.96. The van der Waals surface area contributed by atoms with Crippen molar-refractivity contribution in [2.45, 2.75) is 70.9 Å². The van der Waals surface area contributed by atoms with Gasteiger partial charge in [0.1, 0.15) is 5.78 Å². The molecule has 6 atom stereocenters. The van der Waals surface area contributed by atoms with Crippen LogP contribution in [0.2, 0.25) is 0 Å². The summed E-state index contributed by atoms with van der Waals surface area (Å²) in [4.78, 5) is 25.1. The molecule has 1 aromatic carbocycles. The Kier molecular flexibility index (Phi) is 6.17. The Bertz CT molecular complexity index is 1210. The number of hydrogen-bond donors (Lipinski definition) is 1. The van der Waals surface area contributed by atoms with E-state index in [0.29, 0.717) is 24.9 Å². The van der Waals surface area contributed by atoms with Crippen molar-refractivity contribution in [2.24, 2.45) is 29.1 Å².